The van der Waals surface area contributed by atoms with Crippen LogP contribution in [0.2, 0.25) is 0 Å². The summed E-state index contributed by atoms with van der Waals surface area (Å²) in [7, 11) is 0. The number of hydrogen-bond donors (Lipinski definition) is 0. The molecule has 2 aliphatic heterocycles. The van der Waals surface area contributed by atoms with Crippen LogP contribution in [0, 0.1) is 0 Å². The monoisotopic (exact) mass is 384 g/mol. The van der Waals surface area contributed by atoms with Crippen molar-refractivity contribution in [1.82, 2.24) is 19.8 Å². The van der Waals surface area contributed by atoms with E-state index in [0.29, 0.717) is 32.3 Å². The van der Waals surface area contributed by atoms with Gasteiger partial charge in [0.1, 0.15) is 19.3 Å². The predicted molar refractivity (Wildman–Crippen MR) is 82.9 cm³/mol. The molecule has 1 aromatic heterocycles. The molecular formula is C14H17BrN4O4. The second-order valence-electron chi connectivity index (χ2n) is 5.44. The van der Waals surface area contributed by atoms with Gasteiger partial charge in [0.2, 0.25) is 5.91 Å². The second kappa shape index (κ2) is 7.12. The maximum Gasteiger partial charge on any atom is 0.410 e. The van der Waals surface area contributed by atoms with Gasteiger partial charge in [-0.3, -0.25) is 9.69 Å². The lowest BCUT2D eigenvalue weighted by molar-refractivity contribution is -0.134. The predicted octanol–water partition coefficient (Wildman–Crippen LogP) is 1.06. The van der Waals surface area contributed by atoms with Crippen molar-refractivity contribution in [3.8, 4) is 6.01 Å². The summed E-state index contributed by atoms with van der Waals surface area (Å²) in [6.45, 7) is 2.01. The number of ether oxygens (including phenoxy) is 2. The number of aromatic nitrogens is 2. The molecule has 124 valence electrons. The highest BCUT2D eigenvalue weighted by atomic mass is 79.9. The molecule has 1 atom stereocenters. The van der Waals surface area contributed by atoms with Crippen molar-refractivity contribution in [2.75, 3.05) is 32.8 Å². The Morgan fingerprint density at radius 3 is 2.87 bits per heavy atom. The minimum Gasteiger partial charge on any atom is -0.458 e. The summed E-state index contributed by atoms with van der Waals surface area (Å²) in [6, 6.07) is 0.301. The van der Waals surface area contributed by atoms with Crippen molar-refractivity contribution < 1.29 is 19.1 Å². The summed E-state index contributed by atoms with van der Waals surface area (Å²) >= 11 is 3.27. The Balaban J connectivity index is 1.54. The highest BCUT2D eigenvalue weighted by Crippen LogP contribution is 2.17. The minimum absolute atomic E-state index is 0.0559. The fraction of sp³-hybridized carbons (Fsp3) is 0.571. The second-order valence-corrected chi connectivity index (χ2v) is 6.36. The van der Waals surface area contributed by atoms with E-state index in [9.17, 15) is 9.59 Å². The van der Waals surface area contributed by atoms with Crippen LogP contribution < -0.4 is 4.74 Å². The third-order valence-electron chi connectivity index (χ3n) is 3.77. The maximum atomic E-state index is 12.3. The zero-order chi connectivity index (χ0) is 16.2. The largest absolute Gasteiger partial charge is 0.458 e. The Morgan fingerprint density at radius 2 is 2.17 bits per heavy atom. The van der Waals surface area contributed by atoms with E-state index in [1.54, 1.807) is 17.3 Å². The molecule has 2 amide bonds. The average Bonchev–Trinajstić information content (AvgIpc) is 2.95. The van der Waals surface area contributed by atoms with Crippen LogP contribution in [0.4, 0.5) is 4.79 Å². The molecule has 0 aliphatic carbocycles. The lowest BCUT2D eigenvalue weighted by Crippen LogP contribution is -2.48. The molecule has 0 spiro atoms. The number of piperidine rings is 1. The first-order valence-electron chi connectivity index (χ1n) is 7.45. The number of amides is 2. The highest BCUT2D eigenvalue weighted by molar-refractivity contribution is 9.10. The molecule has 2 aliphatic rings. The Hall–Kier alpha value is -1.90. The summed E-state index contributed by atoms with van der Waals surface area (Å²) in [6.07, 6.45) is 4.36. The number of carbonyl (C=O) groups excluding carboxylic acids is 2. The molecule has 3 heterocycles. The SMILES string of the molecule is O=C(CN1CCOC1=O)N1CCC[C@@H](Oc2ncc(Br)cn2)C1. The number of hydrogen-bond acceptors (Lipinski definition) is 6. The molecule has 0 saturated carbocycles. The number of likely N-dealkylation sites (tertiary alicyclic amines) is 1. The van der Waals surface area contributed by atoms with Crippen LogP contribution in [-0.4, -0.2) is 70.7 Å². The van der Waals surface area contributed by atoms with Crippen molar-refractivity contribution in [1.29, 1.82) is 0 Å². The Labute approximate surface area is 141 Å². The van der Waals surface area contributed by atoms with Crippen molar-refractivity contribution in [2.24, 2.45) is 0 Å². The van der Waals surface area contributed by atoms with Crippen LogP contribution in [0.1, 0.15) is 12.8 Å². The zero-order valence-corrected chi connectivity index (χ0v) is 14.1. The van der Waals surface area contributed by atoms with Gasteiger partial charge in [-0.2, -0.15) is 0 Å². The molecule has 0 N–H and O–H groups in total. The van der Waals surface area contributed by atoms with Crippen LogP contribution in [0.15, 0.2) is 16.9 Å². The van der Waals surface area contributed by atoms with Crippen molar-refractivity contribution in [3.63, 3.8) is 0 Å². The summed E-state index contributed by atoms with van der Waals surface area (Å²) in [5.41, 5.74) is 0. The number of carbonyl (C=O) groups is 2. The lowest BCUT2D eigenvalue weighted by atomic mass is 10.1. The molecule has 3 rings (SSSR count). The molecule has 0 bridgehead atoms. The van der Waals surface area contributed by atoms with Crippen LogP contribution in [-0.2, 0) is 9.53 Å². The van der Waals surface area contributed by atoms with Crippen LogP contribution >= 0.6 is 15.9 Å². The number of rotatable bonds is 4. The highest BCUT2D eigenvalue weighted by Gasteiger charge is 2.30. The third-order valence-corrected chi connectivity index (χ3v) is 4.18. The van der Waals surface area contributed by atoms with Crippen LogP contribution in [0.25, 0.3) is 0 Å². The van der Waals surface area contributed by atoms with Gasteiger partial charge < -0.3 is 14.4 Å². The zero-order valence-electron chi connectivity index (χ0n) is 12.5. The summed E-state index contributed by atoms with van der Waals surface area (Å²) in [5.74, 6) is -0.0890. The van der Waals surface area contributed by atoms with E-state index in [4.69, 9.17) is 9.47 Å². The van der Waals surface area contributed by atoms with Gasteiger partial charge in [-0.15, -0.1) is 0 Å². The van der Waals surface area contributed by atoms with Gasteiger partial charge in [-0.1, -0.05) is 0 Å². The Bertz CT molecular complexity index is 583. The molecule has 23 heavy (non-hydrogen) atoms. The molecule has 0 radical (unpaired) electrons. The Morgan fingerprint density at radius 1 is 1.39 bits per heavy atom. The third kappa shape index (κ3) is 4.10. The first-order valence-corrected chi connectivity index (χ1v) is 8.25. The molecule has 0 aromatic carbocycles. The van der Waals surface area contributed by atoms with Gasteiger partial charge in [-0.25, -0.2) is 14.8 Å². The summed E-state index contributed by atoms with van der Waals surface area (Å²) in [4.78, 5) is 35.0. The van der Waals surface area contributed by atoms with Gasteiger partial charge in [0, 0.05) is 18.9 Å². The normalized spacial score (nSPS) is 21.3. The molecule has 8 nitrogen and oxygen atoms in total. The van der Waals surface area contributed by atoms with Gasteiger partial charge >= 0.3 is 12.1 Å². The first kappa shape index (κ1) is 16.0. The first-order chi connectivity index (χ1) is 11.1. The molecule has 0 unspecified atom stereocenters. The Kier molecular flexibility index (Phi) is 4.94. The van der Waals surface area contributed by atoms with E-state index < -0.39 is 6.09 Å². The number of nitrogens with zero attached hydrogens (tertiary/aromatic N) is 4. The molecule has 9 heteroatoms. The minimum atomic E-state index is -0.425. The lowest BCUT2D eigenvalue weighted by Gasteiger charge is -2.33. The van der Waals surface area contributed by atoms with Gasteiger partial charge in [0.05, 0.1) is 17.6 Å². The smallest absolute Gasteiger partial charge is 0.410 e. The molecule has 2 fully saturated rings. The summed E-state index contributed by atoms with van der Waals surface area (Å²) < 4.78 is 11.4. The van der Waals surface area contributed by atoms with Crippen molar-refractivity contribution in [3.05, 3.63) is 16.9 Å². The van der Waals surface area contributed by atoms with E-state index in [1.807, 2.05) is 0 Å². The van der Waals surface area contributed by atoms with E-state index in [0.717, 1.165) is 17.3 Å². The van der Waals surface area contributed by atoms with Gasteiger partial charge in [0.15, 0.2) is 0 Å². The molecule has 2 saturated heterocycles. The van der Waals surface area contributed by atoms with Crippen LogP contribution in [0.3, 0.4) is 0 Å². The molecular weight excluding hydrogens is 368 g/mol. The topological polar surface area (TPSA) is 84.9 Å². The number of halogens is 1. The van der Waals surface area contributed by atoms with Gasteiger partial charge in [0.25, 0.3) is 0 Å². The average molecular weight is 385 g/mol. The van der Waals surface area contributed by atoms with E-state index >= 15 is 0 Å². The van der Waals surface area contributed by atoms with Crippen molar-refractivity contribution in [2.45, 2.75) is 18.9 Å². The van der Waals surface area contributed by atoms with Gasteiger partial charge in [-0.05, 0) is 28.8 Å². The molecule has 1 aromatic rings. The van der Waals surface area contributed by atoms with E-state index in [1.165, 1.54) is 4.90 Å². The standard InChI is InChI=1S/C14H17BrN4O4/c15-10-6-16-13(17-7-10)23-11-2-1-3-18(8-11)12(20)9-19-4-5-22-14(19)21/h6-7,11H,1-5,8-9H2/t11-/m1/s1. The fourth-order valence-electron chi connectivity index (χ4n) is 2.60. The van der Waals surface area contributed by atoms with Crippen molar-refractivity contribution >= 4 is 27.9 Å². The fourth-order valence-corrected chi connectivity index (χ4v) is 2.81. The summed E-state index contributed by atoms with van der Waals surface area (Å²) in [5, 5.41) is 0. The van der Waals surface area contributed by atoms with E-state index in [2.05, 4.69) is 25.9 Å². The maximum absolute atomic E-state index is 12.3. The van der Waals surface area contributed by atoms with Crippen LogP contribution in [0.5, 0.6) is 6.01 Å². The number of cyclic esters (lactones) is 1. The quantitative estimate of drug-likeness (QED) is 0.771. The van der Waals surface area contributed by atoms with E-state index in [-0.39, 0.29) is 18.6 Å².